The highest BCUT2D eigenvalue weighted by Gasteiger charge is 2.00. The Bertz CT molecular complexity index is 670. The second kappa shape index (κ2) is 4.10. The summed E-state index contributed by atoms with van der Waals surface area (Å²) in [4.78, 5) is 0. The highest BCUT2D eigenvalue weighted by molar-refractivity contribution is 5.98. The van der Waals surface area contributed by atoms with Crippen LogP contribution in [0, 0.1) is 6.07 Å². The van der Waals surface area contributed by atoms with Crippen LogP contribution in [0.15, 0.2) is 48.5 Å². The molecule has 0 atom stereocenters. The molecular formula is C16H13O. The molecule has 0 bridgehead atoms. The lowest BCUT2D eigenvalue weighted by Crippen LogP contribution is -1.90. The van der Waals surface area contributed by atoms with Crippen molar-refractivity contribution in [3.63, 3.8) is 0 Å². The molecule has 0 unspecified atom stereocenters. The maximum atomic E-state index is 5.47. The second-order valence-corrected chi connectivity index (χ2v) is 4.06. The third-order valence-corrected chi connectivity index (χ3v) is 2.91. The minimum Gasteiger partial charge on any atom is -0.493 e. The van der Waals surface area contributed by atoms with Crippen LogP contribution in [0.25, 0.3) is 21.5 Å². The quantitative estimate of drug-likeness (QED) is 0.589. The van der Waals surface area contributed by atoms with Crippen LogP contribution in [0.5, 0.6) is 5.75 Å². The van der Waals surface area contributed by atoms with Gasteiger partial charge in [-0.05, 0) is 52.7 Å². The summed E-state index contributed by atoms with van der Waals surface area (Å²) >= 11 is 0. The monoisotopic (exact) mass is 221 g/mol. The molecule has 0 aliphatic heterocycles. The summed E-state index contributed by atoms with van der Waals surface area (Å²) in [5.74, 6) is 0.815. The minimum atomic E-state index is 0.676. The zero-order chi connectivity index (χ0) is 11.7. The van der Waals surface area contributed by atoms with Crippen molar-refractivity contribution in [1.29, 1.82) is 0 Å². The molecule has 0 fully saturated rings. The van der Waals surface area contributed by atoms with Gasteiger partial charge in [-0.3, -0.25) is 0 Å². The molecule has 83 valence electrons. The molecule has 1 nitrogen and oxygen atoms in total. The Kier molecular flexibility index (Phi) is 2.45. The molecule has 0 saturated carbocycles. The summed E-state index contributed by atoms with van der Waals surface area (Å²) in [7, 11) is 0. The summed E-state index contributed by atoms with van der Waals surface area (Å²) < 4.78 is 5.47. The first kappa shape index (κ1) is 10.2. The molecule has 1 heteroatoms. The van der Waals surface area contributed by atoms with Crippen LogP contribution in [0.4, 0.5) is 0 Å². The van der Waals surface area contributed by atoms with Crippen molar-refractivity contribution in [3.05, 3.63) is 54.6 Å². The highest BCUT2D eigenvalue weighted by atomic mass is 16.5. The fourth-order valence-electron chi connectivity index (χ4n) is 2.10. The van der Waals surface area contributed by atoms with Crippen molar-refractivity contribution in [2.45, 2.75) is 6.92 Å². The van der Waals surface area contributed by atoms with Crippen LogP contribution in [-0.2, 0) is 0 Å². The fraction of sp³-hybridized carbons (Fsp3) is 0.125. The van der Waals surface area contributed by atoms with Crippen LogP contribution >= 0.6 is 0 Å². The van der Waals surface area contributed by atoms with Gasteiger partial charge in [0.05, 0.1) is 6.61 Å². The smallest absolute Gasteiger partial charge is 0.127 e. The van der Waals surface area contributed by atoms with Crippen LogP contribution in [0.2, 0.25) is 0 Å². The molecule has 0 aliphatic carbocycles. The number of hydrogen-bond acceptors (Lipinski definition) is 1. The maximum absolute atomic E-state index is 5.47. The number of benzene rings is 3. The topological polar surface area (TPSA) is 9.23 Å². The Hall–Kier alpha value is -2.02. The summed E-state index contributed by atoms with van der Waals surface area (Å²) in [5.41, 5.74) is 0. The maximum Gasteiger partial charge on any atom is 0.127 e. The zero-order valence-corrected chi connectivity index (χ0v) is 9.73. The Morgan fingerprint density at radius 1 is 0.941 bits per heavy atom. The Labute approximate surface area is 101 Å². The summed E-state index contributed by atoms with van der Waals surface area (Å²) in [5, 5.41) is 4.92. The van der Waals surface area contributed by atoms with Crippen LogP contribution in [0.3, 0.4) is 0 Å². The SMILES string of the molecule is CCOc1[c]cc2cc3ccccc3cc2c1. The van der Waals surface area contributed by atoms with E-state index in [0.717, 1.165) is 5.75 Å². The van der Waals surface area contributed by atoms with E-state index in [4.69, 9.17) is 4.74 Å². The normalized spacial score (nSPS) is 10.9. The van der Waals surface area contributed by atoms with Crippen molar-refractivity contribution in [2.24, 2.45) is 0 Å². The molecule has 0 heterocycles. The van der Waals surface area contributed by atoms with Gasteiger partial charge in [0.2, 0.25) is 0 Å². The van der Waals surface area contributed by atoms with Gasteiger partial charge < -0.3 is 4.74 Å². The van der Waals surface area contributed by atoms with Gasteiger partial charge in [0, 0.05) is 6.07 Å². The summed E-state index contributed by atoms with van der Waals surface area (Å²) in [6, 6.07) is 20.0. The fourth-order valence-corrected chi connectivity index (χ4v) is 2.10. The molecule has 1 radical (unpaired) electrons. The van der Waals surface area contributed by atoms with E-state index in [9.17, 15) is 0 Å². The second-order valence-electron chi connectivity index (χ2n) is 4.06. The Balaban J connectivity index is 2.25. The number of ether oxygens (including phenoxy) is 1. The van der Waals surface area contributed by atoms with Gasteiger partial charge in [-0.25, -0.2) is 0 Å². The van der Waals surface area contributed by atoms with Crippen molar-refractivity contribution in [1.82, 2.24) is 0 Å². The van der Waals surface area contributed by atoms with Crippen molar-refractivity contribution in [3.8, 4) is 5.75 Å². The number of rotatable bonds is 2. The lowest BCUT2D eigenvalue weighted by Gasteiger charge is -2.05. The van der Waals surface area contributed by atoms with Gasteiger partial charge in [0.15, 0.2) is 0 Å². The summed E-state index contributed by atoms with van der Waals surface area (Å²) in [6.45, 7) is 2.66. The van der Waals surface area contributed by atoms with Crippen LogP contribution in [0.1, 0.15) is 6.92 Å². The van der Waals surface area contributed by atoms with Crippen molar-refractivity contribution >= 4 is 21.5 Å². The molecule has 0 saturated heterocycles. The number of hydrogen-bond donors (Lipinski definition) is 0. The molecule has 3 aromatic carbocycles. The molecule has 0 N–H and O–H groups in total. The lowest BCUT2D eigenvalue weighted by atomic mass is 10.0. The van der Waals surface area contributed by atoms with Crippen molar-refractivity contribution < 1.29 is 4.74 Å². The molecule has 0 amide bonds. The lowest BCUT2D eigenvalue weighted by molar-refractivity contribution is 0.340. The molecular weight excluding hydrogens is 208 g/mol. The van der Waals surface area contributed by atoms with Crippen LogP contribution < -0.4 is 4.74 Å². The zero-order valence-electron chi connectivity index (χ0n) is 9.73. The van der Waals surface area contributed by atoms with E-state index in [1.54, 1.807) is 0 Å². The highest BCUT2D eigenvalue weighted by Crippen LogP contribution is 2.25. The molecule has 3 rings (SSSR count). The molecule has 0 aliphatic rings. The van der Waals surface area contributed by atoms with E-state index in [0.29, 0.717) is 6.61 Å². The predicted octanol–water partition coefficient (Wildman–Crippen LogP) is 4.19. The Morgan fingerprint density at radius 2 is 1.65 bits per heavy atom. The largest absolute Gasteiger partial charge is 0.493 e. The van der Waals surface area contributed by atoms with Gasteiger partial charge in [-0.1, -0.05) is 24.3 Å². The average Bonchev–Trinajstić information content (AvgIpc) is 2.36. The third kappa shape index (κ3) is 1.84. The first-order chi connectivity index (χ1) is 8.36. The van der Waals surface area contributed by atoms with Crippen LogP contribution in [-0.4, -0.2) is 6.61 Å². The van der Waals surface area contributed by atoms with Gasteiger partial charge in [-0.15, -0.1) is 0 Å². The minimum absolute atomic E-state index is 0.676. The standard InChI is InChI=1S/C16H13O/c1-2-17-16-8-7-14-9-12-5-3-4-6-13(12)10-15(14)11-16/h3-7,9-11H,2H2,1H3. The van der Waals surface area contributed by atoms with Gasteiger partial charge in [0.25, 0.3) is 0 Å². The first-order valence-corrected chi connectivity index (χ1v) is 5.84. The molecule has 17 heavy (non-hydrogen) atoms. The number of fused-ring (bicyclic) bond motifs is 2. The molecule has 0 aromatic heterocycles. The van der Waals surface area contributed by atoms with E-state index in [1.807, 2.05) is 19.1 Å². The van der Waals surface area contributed by atoms with E-state index < -0.39 is 0 Å². The van der Waals surface area contributed by atoms with Crippen molar-refractivity contribution in [2.75, 3.05) is 6.61 Å². The van der Waals surface area contributed by atoms with Gasteiger partial charge in [-0.2, -0.15) is 0 Å². The average molecular weight is 221 g/mol. The first-order valence-electron chi connectivity index (χ1n) is 5.84. The van der Waals surface area contributed by atoms with Gasteiger partial charge >= 0.3 is 0 Å². The molecule has 0 spiro atoms. The van der Waals surface area contributed by atoms with E-state index in [2.05, 4.69) is 42.5 Å². The van der Waals surface area contributed by atoms with E-state index in [1.165, 1.54) is 21.5 Å². The molecule has 3 aromatic rings. The Morgan fingerprint density at radius 3 is 2.35 bits per heavy atom. The van der Waals surface area contributed by atoms with E-state index in [-0.39, 0.29) is 0 Å². The predicted molar refractivity (Wildman–Crippen MR) is 71.5 cm³/mol. The summed E-state index contributed by atoms with van der Waals surface area (Å²) in [6.07, 6.45) is 0. The third-order valence-electron chi connectivity index (χ3n) is 2.91. The van der Waals surface area contributed by atoms with E-state index >= 15 is 0 Å². The van der Waals surface area contributed by atoms with Gasteiger partial charge in [0.1, 0.15) is 5.75 Å².